The van der Waals surface area contributed by atoms with Gasteiger partial charge in [0.1, 0.15) is 0 Å². The van der Waals surface area contributed by atoms with E-state index in [2.05, 4.69) is 19.2 Å². The number of carbonyl (C=O) groups is 1. The highest BCUT2D eigenvalue weighted by Crippen LogP contribution is 2.31. The summed E-state index contributed by atoms with van der Waals surface area (Å²) in [4.78, 5) is 11.7. The minimum absolute atomic E-state index is 0.0249. The van der Waals surface area contributed by atoms with Gasteiger partial charge >= 0.3 is 0 Å². The lowest BCUT2D eigenvalue weighted by atomic mass is 10.0. The zero-order valence-electron chi connectivity index (χ0n) is 9.08. The molecule has 0 unspecified atom stereocenters. The number of fused-ring (bicyclic) bond motifs is 1. The number of benzene rings is 1. The number of rotatable bonds is 2. The highest BCUT2D eigenvalue weighted by Gasteiger charge is 2.22. The van der Waals surface area contributed by atoms with E-state index in [1.54, 1.807) is 0 Å². The van der Waals surface area contributed by atoms with E-state index in [1.165, 1.54) is 0 Å². The van der Waals surface area contributed by atoms with Crippen LogP contribution in [0.25, 0.3) is 5.57 Å². The van der Waals surface area contributed by atoms with Crippen molar-refractivity contribution in [3.63, 3.8) is 0 Å². The number of hydrogen-bond acceptors (Lipinski definition) is 1. The number of allylic oxidation sites excluding steroid dienone is 1. The van der Waals surface area contributed by atoms with Crippen LogP contribution in [0, 0.1) is 5.92 Å². The van der Waals surface area contributed by atoms with Crippen molar-refractivity contribution in [1.82, 2.24) is 0 Å². The van der Waals surface area contributed by atoms with E-state index in [0.29, 0.717) is 5.92 Å². The summed E-state index contributed by atoms with van der Waals surface area (Å²) in [5.41, 5.74) is 2.78. The molecule has 0 saturated carbocycles. The van der Waals surface area contributed by atoms with Crippen LogP contribution in [0.5, 0.6) is 0 Å². The van der Waals surface area contributed by atoms with Crippen LogP contribution in [0.3, 0.4) is 0 Å². The second-order valence-electron chi connectivity index (χ2n) is 4.25. The van der Waals surface area contributed by atoms with Gasteiger partial charge in [-0.25, -0.2) is 0 Å². The Morgan fingerprint density at radius 2 is 2.07 bits per heavy atom. The maximum atomic E-state index is 11.7. The Kier molecular flexibility index (Phi) is 2.58. The lowest BCUT2D eigenvalue weighted by molar-refractivity contribution is -0.110. The molecule has 0 bridgehead atoms. The molecule has 0 aliphatic carbocycles. The summed E-state index contributed by atoms with van der Waals surface area (Å²) in [6.45, 7) is 4.30. The van der Waals surface area contributed by atoms with E-state index in [4.69, 9.17) is 0 Å². The second-order valence-corrected chi connectivity index (χ2v) is 4.25. The smallest absolute Gasteiger partial charge is 0.256 e. The standard InChI is InChI=1S/C13H15NO/c1-9(2)7-8-11-10-5-3-4-6-12(10)14-13(11)15/h3-6,8-9H,7H2,1-2H3,(H,14,15)/b11-8-. The van der Waals surface area contributed by atoms with Gasteiger partial charge in [-0.15, -0.1) is 0 Å². The number of nitrogens with one attached hydrogen (secondary N) is 1. The topological polar surface area (TPSA) is 29.1 Å². The molecule has 2 rings (SSSR count). The molecule has 2 heteroatoms. The molecule has 0 atom stereocenters. The number of carbonyl (C=O) groups excluding carboxylic acids is 1. The van der Waals surface area contributed by atoms with Crippen molar-refractivity contribution in [2.75, 3.05) is 5.32 Å². The fourth-order valence-electron chi connectivity index (χ4n) is 1.70. The first kappa shape index (κ1) is 9.97. The maximum Gasteiger partial charge on any atom is 0.256 e. The summed E-state index contributed by atoms with van der Waals surface area (Å²) in [6.07, 6.45) is 2.98. The minimum Gasteiger partial charge on any atom is -0.321 e. The summed E-state index contributed by atoms with van der Waals surface area (Å²) in [5, 5.41) is 2.86. The third kappa shape index (κ3) is 1.94. The van der Waals surface area contributed by atoms with Crippen LogP contribution < -0.4 is 5.32 Å². The van der Waals surface area contributed by atoms with Crippen LogP contribution in [0.15, 0.2) is 30.3 Å². The zero-order chi connectivity index (χ0) is 10.8. The van der Waals surface area contributed by atoms with Crippen molar-refractivity contribution in [3.8, 4) is 0 Å². The molecule has 78 valence electrons. The highest BCUT2D eigenvalue weighted by atomic mass is 16.1. The third-order valence-electron chi connectivity index (χ3n) is 2.50. The molecule has 0 radical (unpaired) electrons. The van der Waals surface area contributed by atoms with Gasteiger partial charge in [0.2, 0.25) is 0 Å². The summed E-state index contributed by atoms with van der Waals surface area (Å²) in [5.74, 6) is 0.606. The van der Waals surface area contributed by atoms with E-state index >= 15 is 0 Å². The van der Waals surface area contributed by atoms with Crippen LogP contribution in [0.1, 0.15) is 25.8 Å². The predicted molar refractivity (Wildman–Crippen MR) is 62.5 cm³/mol. The molecule has 0 aromatic heterocycles. The molecular weight excluding hydrogens is 186 g/mol. The molecule has 1 N–H and O–H groups in total. The van der Waals surface area contributed by atoms with Gasteiger partial charge in [0, 0.05) is 16.8 Å². The van der Waals surface area contributed by atoms with Crippen LogP contribution >= 0.6 is 0 Å². The van der Waals surface area contributed by atoms with Crippen LogP contribution in [-0.4, -0.2) is 5.91 Å². The molecule has 15 heavy (non-hydrogen) atoms. The largest absolute Gasteiger partial charge is 0.321 e. The summed E-state index contributed by atoms with van der Waals surface area (Å²) >= 11 is 0. The molecular formula is C13H15NO. The first-order valence-corrected chi connectivity index (χ1v) is 5.29. The second kappa shape index (κ2) is 3.89. The fourth-order valence-corrected chi connectivity index (χ4v) is 1.70. The third-order valence-corrected chi connectivity index (χ3v) is 2.50. The zero-order valence-corrected chi connectivity index (χ0v) is 9.08. The van der Waals surface area contributed by atoms with Crippen LogP contribution in [-0.2, 0) is 4.79 Å². The average molecular weight is 201 g/mol. The van der Waals surface area contributed by atoms with E-state index in [9.17, 15) is 4.79 Å². The Morgan fingerprint density at radius 1 is 1.33 bits per heavy atom. The fraction of sp³-hybridized carbons (Fsp3) is 0.308. The number of hydrogen-bond donors (Lipinski definition) is 1. The van der Waals surface area contributed by atoms with Gasteiger partial charge in [0.15, 0.2) is 0 Å². The Bertz CT molecular complexity index is 418. The Morgan fingerprint density at radius 3 is 2.80 bits per heavy atom. The number of amides is 1. The van der Waals surface area contributed by atoms with Gasteiger partial charge in [0.25, 0.3) is 5.91 Å². The first-order chi connectivity index (χ1) is 7.18. The van der Waals surface area contributed by atoms with Gasteiger partial charge in [-0.05, 0) is 18.4 Å². The average Bonchev–Trinajstić information content (AvgIpc) is 2.50. The van der Waals surface area contributed by atoms with Crippen molar-refractivity contribution >= 4 is 17.2 Å². The lowest BCUT2D eigenvalue weighted by Crippen LogP contribution is -2.03. The molecule has 2 nitrogen and oxygen atoms in total. The molecule has 0 fully saturated rings. The van der Waals surface area contributed by atoms with Crippen molar-refractivity contribution in [3.05, 3.63) is 35.9 Å². The van der Waals surface area contributed by atoms with E-state index < -0.39 is 0 Å². The van der Waals surface area contributed by atoms with Crippen molar-refractivity contribution < 1.29 is 4.79 Å². The number of anilines is 1. The first-order valence-electron chi connectivity index (χ1n) is 5.29. The quantitative estimate of drug-likeness (QED) is 0.732. The van der Waals surface area contributed by atoms with Crippen LogP contribution in [0.4, 0.5) is 5.69 Å². The molecule has 1 amide bonds. The molecule has 1 aromatic carbocycles. The summed E-state index contributed by atoms with van der Waals surface area (Å²) in [6, 6.07) is 7.82. The molecule has 1 aliphatic rings. The van der Waals surface area contributed by atoms with E-state index in [0.717, 1.165) is 23.2 Å². The van der Waals surface area contributed by atoms with Crippen LogP contribution in [0.2, 0.25) is 0 Å². The monoisotopic (exact) mass is 201 g/mol. The molecule has 1 heterocycles. The Labute approximate surface area is 90.0 Å². The maximum absolute atomic E-state index is 11.7. The highest BCUT2D eigenvalue weighted by molar-refractivity contribution is 6.31. The predicted octanol–water partition coefficient (Wildman–Crippen LogP) is 3.07. The number of para-hydroxylation sites is 1. The van der Waals surface area contributed by atoms with E-state index in [1.807, 2.05) is 30.3 Å². The van der Waals surface area contributed by atoms with Gasteiger partial charge in [-0.1, -0.05) is 38.1 Å². The Balaban J connectivity index is 2.33. The van der Waals surface area contributed by atoms with Gasteiger partial charge in [-0.2, -0.15) is 0 Å². The molecule has 0 spiro atoms. The summed E-state index contributed by atoms with van der Waals surface area (Å²) in [7, 11) is 0. The van der Waals surface area contributed by atoms with E-state index in [-0.39, 0.29) is 5.91 Å². The van der Waals surface area contributed by atoms with Crippen molar-refractivity contribution in [2.24, 2.45) is 5.92 Å². The SMILES string of the molecule is CC(C)C/C=C1\C(=O)Nc2ccccc21. The molecule has 1 aliphatic heterocycles. The normalized spacial score (nSPS) is 17.0. The molecule has 1 aromatic rings. The summed E-state index contributed by atoms with van der Waals surface area (Å²) < 4.78 is 0. The molecule has 0 saturated heterocycles. The van der Waals surface area contributed by atoms with Gasteiger partial charge in [0.05, 0.1) is 0 Å². The van der Waals surface area contributed by atoms with Gasteiger partial charge < -0.3 is 5.32 Å². The lowest BCUT2D eigenvalue weighted by Gasteiger charge is -2.00. The van der Waals surface area contributed by atoms with Crippen molar-refractivity contribution in [1.29, 1.82) is 0 Å². The minimum atomic E-state index is 0.0249. The van der Waals surface area contributed by atoms with Crippen molar-refractivity contribution in [2.45, 2.75) is 20.3 Å². The van der Waals surface area contributed by atoms with Gasteiger partial charge in [-0.3, -0.25) is 4.79 Å². The Hall–Kier alpha value is -1.57.